The van der Waals surface area contributed by atoms with Crippen LogP contribution in [0.25, 0.3) is 17.6 Å². The molecule has 31 heavy (non-hydrogen) atoms. The Kier molecular flexibility index (Phi) is 5.84. The van der Waals surface area contributed by atoms with Gasteiger partial charge in [0.2, 0.25) is 0 Å². The summed E-state index contributed by atoms with van der Waals surface area (Å²) in [6, 6.07) is 5.29. The highest BCUT2D eigenvalue weighted by Gasteiger charge is 2.30. The SMILES string of the molecule is CCCC1N=c2nc(-c3cnn(Cc4cccc(C(F)(F)F)c4)c3)[nH]c2=CN1CCC. The van der Waals surface area contributed by atoms with Crippen molar-refractivity contribution < 1.29 is 13.2 Å². The molecule has 0 radical (unpaired) electrons. The lowest BCUT2D eigenvalue weighted by molar-refractivity contribution is -0.137. The summed E-state index contributed by atoms with van der Waals surface area (Å²) in [5.41, 5.74) is 1.32. The van der Waals surface area contributed by atoms with Gasteiger partial charge in [-0.3, -0.25) is 4.68 Å². The number of hydrogen-bond donors (Lipinski definition) is 1. The Labute approximate surface area is 178 Å². The molecule has 1 N–H and O–H groups in total. The van der Waals surface area contributed by atoms with Crippen molar-refractivity contribution in [2.45, 2.75) is 52.0 Å². The van der Waals surface area contributed by atoms with Gasteiger partial charge >= 0.3 is 6.18 Å². The van der Waals surface area contributed by atoms with E-state index in [1.807, 2.05) is 0 Å². The summed E-state index contributed by atoms with van der Waals surface area (Å²) in [7, 11) is 0. The zero-order chi connectivity index (χ0) is 22.0. The molecule has 1 aromatic carbocycles. The lowest BCUT2D eigenvalue weighted by Crippen LogP contribution is -2.42. The molecule has 6 nitrogen and oxygen atoms in total. The molecule has 0 fully saturated rings. The van der Waals surface area contributed by atoms with E-state index in [2.05, 4.69) is 40.0 Å². The number of aromatic amines is 1. The Balaban J connectivity index is 1.58. The number of halogens is 3. The minimum Gasteiger partial charge on any atom is -0.354 e. The standard InChI is InChI=1S/C22H25F3N6/c1-3-6-19-28-21-18(14-30(19)9-4-2)27-20(29-21)16-11-26-31(13-16)12-15-7-5-8-17(10-15)22(23,24)25/h5,7-8,10-11,13-14,19H,3-4,6,9,12H2,1-2H3,(H,27,28,29). The molecule has 3 heterocycles. The third-order valence-corrected chi connectivity index (χ3v) is 5.19. The van der Waals surface area contributed by atoms with Crippen molar-refractivity contribution in [2.24, 2.45) is 4.99 Å². The predicted octanol–water partition coefficient (Wildman–Crippen LogP) is 3.55. The maximum atomic E-state index is 12.9. The van der Waals surface area contributed by atoms with E-state index in [1.54, 1.807) is 23.1 Å². The number of nitrogens with one attached hydrogen (secondary N) is 1. The summed E-state index contributed by atoms with van der Waals surface area (Å²) in [6.07, 6.45) is 4.28. The summed E-state index contributed by atoms with van der Waals surface area (Å²) >= 11 is 0. The third-order valence-electron chi connectivity index (χ3n) is 5.19. The van der Waals surface area contributed by atoms with Crippen LogP contribution in [0.3, 0.4) is 0 Å². The lowest BCUT2D eigenvalue weighted by Gasteiger charge is -2.28. The normalized spacial score (nSPS) is 16.0. The topological polar surface area (TPSA) is 62.1 Å². The zero-order valence-corrected chi connectivity index (χ0v) is 17.5. The van der Waals surface area contributed by atoms with Crippen LogP contribution in [-0.4, -0.2) is 37.4 Å². The van der Waals surface area contributed by atoms with Gasteiger partial charge in [-0.25, -0.2) is 9.98 Å². The molecule has 3 aromatic rings. The Morgan fingerprint density at radius 2 is 2.00 bits per heavy atom. The molecule has 0 saturated carbocycles. The molecule has 164 valence electrons. The molecule has 4 rings (SSSR count). The summed E-state index contributed by atoms with van der Waals surface area (Å²) in [5, 5.41) is 5.16. The molecule has 1 atom stereocenters. The van der Waals surface area contributed by atoms with Crippen molar-refractivity contribution in [3.05, 3.63) is 58.6 Å². The number of H-pyrrole nitrogens is 1. The van der Waals surface area contributed by atoms with Crippen LogP contribution in [0.5, 0.6) is 0 Å². The van der Waals surface area contributed by atoms with E-state index in [-0.39, 0.29) is 12.7 Å². The molecule has 0 bridgehead atoms. The Morgan fingerprint density at radius 1 is 1.16 bits per heavy atom. The maximum absolute atomic E-state index is 12.9. The first-order valence-corrected chi connectivity index (χ1v) is 10.5. The van der Waals surface area contributed by atoms with Gasteiger partial charge in [0.15, 0.2) is 5.49 Å². The second-order valence-electron chi connectivity index (χ2n) is 7.71. The van der Waals surface area contributed by atoms with Gasteiger partial charge in [0, 0.05) is 18.9 Å². The molecule has 0 amide bonds. The fourth-order valence-electron chi connectivity index (χ4n) is 3.74. The summed E-state index contributed by atoms with van der Waals surface area (Å²) in [6.45, 7) is 5.45. The van der Waals surface area contributed by atoms with Gasteiger partial charge in [-0.1, -0.05) is 32.4 Å². The number of benzene rings is 1. The van der Waals surface area contributed by atoms with Gasteiger partial charge in [-0.2, -0.15) is 18.3 Å². The van der Waals surface area contributed by atoms with Crippen molar-refractivity contribution >= 4 is 6.20 Å². The average Bonchev–Trinajstić information content (AvgIpc) is 3.35. The van der Waals surface area contributed by atoms with Crippen LogP contribution in [0.2, 0.25) is 0 Å². The second-order valence-corrected chi connectivity index (χ2v) is 7.71. The number of hydrogen-bond acceptors (Lipinski definition) is 4. The van der Waals surface area contributed by atoms with Crippen molar-refractivity contribution in [1.82, 2.24) is 24.6 Å². The number of fused-ring (bicyclic) bond motifs is 1. The number of alkyl halides is 3. The van der Waals surface area contributed by atoms with Crippen LogP contribution in [0.4, 0.5) is 13.2 Å². The van der Waals surface area contributed by atoms with E-state index >= 15 is 0 Å². The van der Waals surface area contributed by atoms with Gasteiger partial charge in [0.25, 0.3) is 0 Å². The Morgan fingerprint density at radius 3 is 2.74 bits per heavy atom. The molecule has 0 spiro atoms. The Hall–Kier alpha value is -3.10. The smallest absolute Gasteiger partial charge is 0.354 e. The monoisotopic (exact) mass is 430 g/mol. The predicted molar refractivity (Wildman–Crippen MR) is 111 cm³/mol. The van der Waals surface area contributed by atoms with Crippen LogP contribution < -0.4 is 10.8 Å². The van der Waals surface area contributed by atoms with E-state index < -0.39 is 11.7 Å². The van der Waals surface area contributed by atoms with Crippen molar-refractivity contribution in [2.75, 3.05) is 6.54 Å². The van der Waals surface area contributed by atoms with Crippen molar-refractivity contribution in [3.63, 3.8) is 0 Å². The van der Waals surface area contributed by atoms with Crippen molar-refractivity contribution in [3.8, 4) is 11.4 Å². The zero-order valence-electron chi connectivity index (χ0n) is 17.5. The van der Waals surface area contributed by atoms with E-state index in [0.29, 0.717) is 16.9 Å². The number of rotatable bonds is 7. The van der Waals surface area contributed by atoms with Gasteiger partial charge in [-0.05, 0) is 30.5 Å². The highest BCUT2D eigenvalue weighted by molar-refractivity contribution is 5.52. The highest BCUT2D eigenvalue weighted by atomic mass is 19.4. The largest absolute Gasteiger partial charge is 0.416 e. The van der Waals surface area contributed by atoms with Crippen LogP contribution in [0.15, 0.2) is 41.7 Å². The van der Waals surface area contributed by atoms with Crippen LogP contribution in [0.1, 0.15) is 44.2 Å². The number of aromatic nitrogens is 4. The third kappa shape index (κ3) is 4.65. The van der Waals surface area contributed by atoms with Gasteiger partial charge in [0.1, 0.15) is 17.3 Å². The first-order valence-electron chi connectivity index (χ1n) is 10.5. The first-order chi connectivity index (χ1) is 14.9. The molecule has 1 aliphatic rings. The lowest BCUT2D eigenvalue weighted by atomic mass is 10.1. The van der Waals surface area contributed by atoms with Crippen molar-refractivity contribution in [1.29, 1.82) is 0 Å². The van der Waals surface area contributed by atoms with Crippen LogP contribution in [0, 0.1) is 0 Å². The molecule has 1 aliphatic heterocycles. The molecular formula is C22H25F3N6. The fraction of sp³-hybridized carbons (Fsp3) is 0.409. The van der Waals surface area contributed by atoms with E-state index in [1.165, 1.54) is 6.07 Å². The molecule has 9 heteroatoms. The minimum atomic E-state index is -4.36. The Bertz CT molecular complexity index is 1120. The first kappa shape index (κ1) is 21.1. The molecular weight excluding hydrogens is 405 g/mol. The van der Waals surface area contributed by atoms with E-state index in [4.69, 9.17) is 4.99 Å². The van der Waals surface area contributed by atoms with Crippen LogP contribution in [-0.2, 0) is 12.7 Å². The average molecular weight is 430 g/mol. The fourth-order valence-corrected chi connectivity index (χ4v) is 3.74. The highest BCUT2D eigenvalue weighted by Crippen LogP contribution is 2.29. The molecule has 2 aromatic heterocycles. The van der Waals surface area contributed by atoms with Crippen LogP contribution >= 0.6 is 0 Å². The summed E-state index contributed by atoms with van der Waals surface area (Å²) < 4.78 is 40.4. The maximum Gasteiger partial charge on any atom is 0.416 e. The van der Waals surface area contributed by atoms with E-state index in [9.17, 15) is 13.2 Å². The van der Waals surface area contributed by atoms with Gasteiger partial charge in [0.05, 0.1) is 23.9 Å². The summed E-state index contributed by atoms with van der Waals surface area (Å²) in [5.74, 6) is 0.647. The minimum absolute atomic E-state index is 0.0947. The quantitative estimate of drug-likeness (QED) is 0.624. The summed E-state index contributed by atoms with van der Waals surface area (Å²) in [4.78, 5) is 15.0. The molecule has 0 aliphatic carbocycles. The molecule has 1 unspecified atom stereocenters. The number of imidazole rings is 1. The van der Waals surface area contributed by atoms with Gasteiger partial charge < -0.3 is 9.88 Å². The second kappa shape index (κ2) is 8.56. The van der Waals surface area contributed by atoms with Gasteiger partial charge in [-0.15, -0.1) is 0 Å². The number of nitrogens with zero attached hydrogens (tertiary/aromatic N) is 5. The molecule has 0 saturated heterocycles. The van der Waals surface area contributed by atoms with E-state index in [0.717, 1.165) is 48.9 Å².